The molecule has 0 saturated carbocycles. The Morgan fingerprint density at radius 3 is 2.25 bits per heavy atom. The molecule has 0 aliphatic heterocycles. The van der Waals surface area contributed by atoms with Gasteiger partial charge in [-0.1, -0.05) is 12.2 Å². The topological polar surface area (TPSA) is 199 Å². The Hall–Kier alpha value is -6.64. The van der Waals surface area contributed by atoms with E-state index >= 15 is 0 Å². The molecule has 5 heterocycles. The highest BCUT2D eigenvalue weighted by Gasteiger charge is 2.21. The largest absolute Gasteiger partial charge is 0.366 e. The van der Waals surface area contributed by atoms with Gasteiger partial charge in [-0.15, -0.1) is 0 Å². The molecule has 15 nitrogen and oxygen atoms in total. The minimum absolute atomic E-state index is 0.311. The van der Waals surface area contributed by atoms with E-state index in [0.29, 0.717) is 59.4 Å². The number of hydrogen-bond acceptors (Lipinski definition) is 8. The fraction of sp³-hybridized carbons (Fsp3) is 0.222. The van der Waals surface area contributed by atoms with Gasteiger partial charge in [0.15, 0.2) is 5.82 Å². The molecule has 0 atom stereocenters. The van der Waals surface area contributed by atoms with E-state index in [9.17, 15) is 14.4 Å². The summed E-state index contributed by atoms with van der Waals surface area (Å²) >= 11 is 0. The fourth-order valence-electron chi connectivity index (χ4n) is 6.54. The number of benzene rings is 2. The van der Waals surface area contributed by atoms with Gasteiger partial charge in [0.05, 0.1) is 27.9 Å². The zero-order valence-electron chi connectivity index (χ0n) is 28.8. The molecule has 0 unspecified atom stereocenters. The second kappa shape index (κ2) is 12.7. The monoisotopic (exact) mass is 684 g/mol. The van der Waals surface area contributed by atoms with Crippen molar-refractivity contribution in [3.05, 3.63) is 94.6 Å². The molecule has 0 fully saturated rings. The Morgan fingerprint density at radius 1 is 0.843 bits per heavy atom. The minimum atomic E-state index is -0.568. The van der Waals surface area contributed by atoms with E-state index in [1.165, 1.54) is 0 Å². The summed E-state index contributed by atoms with van der Waals surface area (Å²) in [6.07, 6.45) is 5.73. The van der Waals surface area contributed by atoms with Gasteiger partial charge in [-0.3, -0.25) is 29.1 Å². The van der Waals surface area contributed by atoms with Crippen molar-refractivity contribution in [3.63, 3.8) is 0 Å². The van der Waals surface area contributed by atoms with Crippen LogP contribution in [0.2, 0.25) is 0 Å². The van der Waals surface area contributed by atoms with E-state index in [2.05, 4.69) is 20.5 Å². The number of allylic oxidation sites excluding steroid dienone is 2. The van der Waals surface area contributed by atoms with Gasteiger partial charge in [0, 0.05) is 54.8 Å². The van der Waals surface area contributed by atoms with Crippen LogP contribution in [0.3, 0.4) is 0 Å². The molecule has 0 spiro atoms. The summed E-state index contributed by atoms with van der Waals surface area (Å²) < 4.78 is 7.32. The number of hydrogen-bond donors (Lipinski definition) is 3. The number of nitrogens with one attached hydrogen (secondary N) is 1. The van der Waals surface area contributed by atoms with Crippen molar-refractivity contribution in [3.8, 4) is 11.5 Å². The van der Waals surface area contributed by atoms with Crippen molar-refractivity contribution in [2.75, 3.05) is 5.32 Å². The van der Waals surface area contributed by atoms with Crippen LogP contribution in [0.4, 0.5) is 5.95 Å². The van der Waals surface area contributed by atoms with E-state index in [-0.39, 0.29) is 5.91 Å². The molecule has 51 heavy (non-hydrogen) atoms. The highest BCUT2D eigenvalue weighted by atomic mass is 16.2. The van der Waals surface area contributed by atoms with Gasteiger partial charge >= 0.3 is 0 Å². The second-order valence-electron chi connectivity index (χ2n) is 12.4. The second-order valence-corrected chi connectivity index (χ2v) is 12.4. The van der Waals surface area contributed by atoms with Crippen molar-refractivity contribution in [1.29, 1.82) is 0 Å². The van der Waals surface area contributed by atoms with Crippen molar-refractivity contribution in [2.24, 2.45) is 18.5 Å². The molecule has 0 bridgehead atoms. The Bertz CT molecular complexity index is 2580. The van der Waals surface area contributed by atoms with Crippen molar-refractivity contribution in [1.82, 2.24) is 43.6 Å². The van der Waals surface area contributed by atoms with E-state index in [0.717, 1.165) is 44.5 Å². The first kappa shape index (κ1) is 32.9. The van der Waals surface area contributed by atoms with Gasteiger partial charge in [-0.25, -0.2) is 15.0 Å². The molecule has 0 radical (unpaired) electrons. The summed E-state index contributed by atoms with van der Waals surface area (Å²) in [6.45, 7) is 8.82. The van der Waals surface area contributed by atoms with Crippen LogP contribution in [0.25, 0.3) is 44.5 Å². The van der Waals surface area contributed by atoms with Gasteiger partial charge in [-0.05, 0) is 75.7 Å². The average Bonchev–Trinajstić information content (AvgIpc) is 3.83. The first-order valence-electron chi connectivity index (χ1n) is 16.3. The summed E-state index contributed by atoms with van der Waals surface area (Å²) in [6, 6.07) is 12.3. The molecule has 7 aromatic rings. The van der Waals surface area contributed by atoms with Crippen LogP contribution in [0, 0.1) is 20.8 Å². The maximum atomic E-state index is 13.5. The summed E-state index contributed by atoms with van der Waals surface area (Å²) in [4.78, 5) is 51.9. The highest BCUT2D eigenvalue weighted by molar-refractivity contribution is 6.09. The number of aryl methyl sites for hydroxylation is 5. The van der Waals surface area contributed by atoms with E-state index in [4.69, 9.17) is 21.4 Å². The molecule has 0 saturated heterocycles. The number of carbonyl (C=O) groups is 3. The fourth-order valence-corrected chi connectivity index (χ4v) is 6.54. The van der Waals surface area contributed by atoms with Crippen LogP contribution in [0.15, 0.2) is 60.8 Å². The number of primary amides is 2. The van der Waals surface area contributed by atoms with Crippen LogP contribution in [-0.4, -0.2) is 61.4 Å². The van der Waals surface area contributed by atoms with Crippen LogP contribution >= 0.6 is 0 Å². The van der Waals surface area contributed by atoms with Crippen molar-refractivity contribution in [2.45, 2.75) is 47.3 Å². The maximum Gasteiger partial charge on any atom is 0.276 e. The van der Waals surface area contributed by atoms with E-state index in [1.807, 2.05) is 68.2 Å². The zero-order valence-corrected chi connectivity index (χ0v) is 28.8. The van der Waals surface area contributed by atoms with Gasteiger partial charge in [0.1, 0.15) is 17.0 Å². The number of nitrogens with zero attached hydrogens (tertiary/aromatic N) is 9. The Labute approximate surface area is 291 Å². The summed E-state index contributed by atoms with van der Waals surface area (Å²) in [5, 5.41) is 13.4. The van der Waals surface area contributed by atoms with Crippen molar-refractivity contribution < 1.29 is 14.4 Å². The van der Waals surface area contributed by atoms with E-state index in [1.54, 1.807) is 45.9 Å². The summed E-state index contributed by atoms with van der Waals surface area (Å²) in [7, 11) is 1.85. The number of anilines is 1. The SMILES string of the molecule is CCn1nc(C)cc1C(=O)Nc1nc2cc(C(N)=O)cc(C)c2n1CC=CCn1c2ccc(C(N)=O)cc2c2cnc(-c3cc(C)nn3C)nc21. The van der Waals surface area contributed by atoms with Crippen LogP contribution in [0.1, 0.15) is 55.1 Å². The third-order valence-corrected chi connectivity index (χ3v) is 8.84. The van der Waals surface area contributed by atoms with Crippen LogP contribution in [-0.2, 0) is 26.7 Å². The highest BCUT2D eigenvalue weighted by Crippen LogP contribution is 2.31. The number of rotatable bonds is 10. The average molecular weight is 685 g/mol. The lowest BCUT2D eigenvalue weighted by atomic mass is 10.1. The predicted octanol–water partition coefficient (Wildman–Crippen LogP) is 4.18. The number of fused-ring (bicyclic) bond motifs is 4. The van der Waals surface area contributed by atoms with Crippen molar-refractivity contribution >= 4 is 56.6 Å². The molecule has 3 amide bonds. The third-order valence-electron chi connectivity index (χ3n) is 8.84. The molecule has 0 aliphatic rings. The lowest BCUT2D eigenvalue weighted by molar-refractivity contribution is 0.0992. The summed E-state index contributed by atoms with van der Waals surface area (Å²) in [5.74, 6) is -0.619. The van der Waals surface area contributed by atoms with Gasteiger partial charge in [-0.2, -0.15) is 10.2 Å². The lowest BCUT2D eigenvalue weighted by Gasteiger charge is -2.10. The van der Waals surface area contributed by atoms with Gasteiger partial charge in [0.2, 0.25) is 17.8 Å². The Morgan fingerprint density at radius 2 is 1.57 bits per heavy atom. The standard InChI is InChI=1S/C36H36N12O3/c1-6-48-29(15-21(4)44-48)35(51)42-36-40-26-17-23(32(38)50)13-19(2)30(26)47(36)12-8-7-11-46-27-10-9-22(31(37)49)16-24(27)25-18-39-33(41-34(25)46)28-14-20(3)43-45(28)5/h7-10,13-18H,6,11-12H2,1-5H3,(H2,37,49)(H2,38,50)(H,40,42,51). The first-order valence-corrected chi connectivity index (χ1v) is 16.3. The number of carbonyl (C=O) groups excluding carboxylic acids is 3. The molecule has 5 aromatic heterocycles. The number of aromatic nitrogens is 9. The number of amides is 3. The summed E-state index contributed by atoms with van der Waals surface area (Å²) in [5.41, 5.74) is 18.3. The number of imidazole rings is 1. The minimum Gasteiger partial charge on any atom is -0.366 e. The molecule has 7 rings (SSSR count). The zero-order chi connectivity index (χ0) is 36.1. The Balaban J connectivity index is 1.28. The number of nitrogens with two attached hydrogens (primary N) is 2. The lowest BCUT2D eigenvalue weighted by Crippen LogP contribution is -2.20. The van der Waals surface area contributed by atoms with Crippen LogP contribution in [0.5, 0.6) is 0 Å². The molecule has 2 aromatic carbocycles. The van der Waals surface area contributed by atoms with E-state index < -0.39 is 11.8 Å². The molecule has 0 aliphatic carbocycles. The molecular formula is C36H36N12O3. The smallest absolute Gasteiger partial charge is 0.276 e. The first-order chi connectivity index (χ1) is 24.4. The normalized spacial score (nSPS) is 11.8. The molecule has 5 N–H and O–H groups in total. The molecule has 258 valence electrons. The third kappa shape index (κ3) is 5.88. The molecular weight excluding hydrogens is 648 g/mol. The van der Waals surface area contributed by atoms with Gasteiger partial charge < -0.3 is 20.6 Å². The predicted molar refractivity (Wildman–Crippen MR) is 193 cm³/mol. The quantitative estimate of drug-likeness (QED) is 0.178. The van der Waals surface area contributed by atoms with Gasteiger partial charge in [0.25, 0.3) is 5.91 Å². The Kier molecular flexibility index (Phi) is 8.17. The molecule has 15 heteroatoms. The van der Waals surface area contributed by atoms with Crippen LogP contribution < -0.4 is 16.8 Å². The maximum absolute atomic E-state index is 13.5.